The Morgan fingerprint density at radius 2 is 1.00 bits per heavy atom. The van der Waals surface area contributed by atoms with Crippen LogP contribution in [0.3, 0.4) is 0 Å². The molecule has 0 unspecified atom stereocenters. The number of hydrogen-bond acceptors (Lipinski definition) is 4. The van der Waals surface area contributed by atoms with Crippen molar-refractivity contribution in [2.75, 3.05) is 0 Å². The van der Waals surface area contributed by atoms with Crippen molar-refractivity contribution in [3.63, 3.8) is 0 Å². The Kier molecular flexibility index (Phi) is 7.76. The highest BCUT2D eigenvalue weighted by Crippen LogP contribution is 2.54. The number of aromatic nitrogens is 5. The summed E-state index contributed by atoms with van der Waals surface area (Å²) in [4.78, 5) is 19.9. The van der Waals surface area contributed by atoms with Gasteiger partial charge in [-0.3, -0.25) is 4.98 Å². The number of para-hydroxylation sites is 1. The maximum atomic E-state index is 5.18. The van der Waals surface area contributed by atoms with Crippen LogP contribution in [-0.2, 0) is 5.41 Å². The van der Waals surface area contributed by atoms with E-state index in [0.717, 1.165) is 44.6 Å². The molecule has 0 saturated heterocycles. The first kappa shape index (κ1) is 33.8. The van der Waals surface area contributed by atoms with Gasteiger partial charge in [0.15, 0.2) is 17.5 Å². The zero-order chi connectivity index (χ0) is 38.8. The van der Waals surface area contributed by atoms with Crippen LogP contribution in [-0.4, -0.2) is 24.5 Å². The summed E-state index contributed by atoms with van der Waals surface area (Å²) in [6, 6.07) is 64.3. The van der Waals surface area contributed by atoms with Crippen LogP contribution in [0.2, 0.25) is 0 Å². The van der Waals surface area contributed by atoms with Crippen LogP contribution in [0.25, 0.3) is 95.2 Å². The molecule has 0 fully saturated rings. The van der Waals surface area contributed by atoms with Crippen molar-refractivity contribution < 1.29 is 0 Å². The van der Waals surface area contributed by atoms with Crippen molar-refractivity contribution >= 4 is 21.8 Å². The SMILES string of the molecule is CC1(C)c2ccccc2-c2ccc3c(c21)c1ccccc1n3-c1c(-c2ccccc2)cc(-c2nc(-c3ccccc3)nc(-c3ccccn3)n2)cc1-c1ccccc1. The van der Waals surface area contributed by atoms with E-state index in [0.29, 0.717) is 23.2 Å². The first-order valence-electron chi connectivity index (χ1n) is 19.7. The summed E-state index contributed by atoms with van der Waals surface area (Å²) in [5.41, 5.74) is 15.4. The van der Waals surface area contributed by atoms with Gasteiger partial charge < -0.3 is 4.57 Å². The number of rotatable bonds is 6. The fraction of sp³-hybridized carbons (Fsp3) is 0.0566. The van der Waals surface area contributed by atoms with Gasteiger partial charge in [0, 0.05) is 44.6 Å². The molecule has 58 heavy (non-hydrogen) atoms. The molecule has 1 aliphatic carbocycles. The molecule has 0 saturated carbocycles. The summed E-state index contributed by atoms with van der Waals surface area (Å²) in [6.45, 7) is 4.75. The van der Waals surface area contributed by atoms with Gasteiger partial charge in [-0.2, -0.15) is 0 Å². The smallest absolute Gasteiger partial charge is 0.182 e. The fourth-order valence-corrected chi connectivity index (χ4v) is 9.08. The second kappa shape index (κ2) is 13.3. The van der Waals surface area contributed by atoms with Crippen molar-refractivity contribution in [3.05, 3.63) is 199 Å². The quantitative estimate of drug-likeness (QED) is 0.170. The molecule has 10 aromatic rings. The second-order valence-corrected chi connectivity index (χ2v) is 15.4. The van der Waals surface area contributed by atoms with Crippen molar-refractivity contribution in [1.82, 2.24) is 24.5 Å². The Labute approximate surface area is 337 Å². The normalized spacial score (nSPS) is 12.8. The first-order valence-corrected chi connectivity index (χ1v) is 19.7. The Hall–Kier alpha value is -7.50. The van der Waals surface area contributed by atoms with E-state index in [1.807, 2.05) is 48.5 Å². The van der Waals surface area contributed by atoms with Gasteiger partial charge in [-0.25, -0.2) is 15.0 Å². The topological polar surface area (TPSA) is 56.5 Å². The Morgan fingerprint density at radius 1 is 0.431 bits per heavy atom. The highest BCUT2D eigenvalue weighted by Gasteiger charge is 2.38. The molecule has 0 atom stereocenters. The molecule has 0 aliphatic heterocycles. The van der Waals surface area contributed by atoms with Crippen LogP contribution in [0, 0.1) is 0 Å². The van der Waals surface area contributed by atoms with Crippen LogP contribution in [0.15, 0.2) is 188 Å². The summed E-state index contributed by atoms with van der Waals surface area (Å²) in [5, 5.41) is 2.53. The monoisotopic (exact) mass is 743 g/mol. The van der Waals surface area contributed by atoms with E-state index in [1.165, 1.54) is 38.5 Å². The predicted molar refractivity (Wildman–Crippen MR) is 237 cm³/mol. The minimum atomic E-state index is -0.185. The predicted octanol–water partition coefficient (Wildman–Crippen LogP) is 13.0. The van der Waals surface area contributed by atoms with Gasteiger partial charge in [-0.05, 0) is 69.8 Å². The zero-order valence-corrected chi connectivity index (χ0v) is 32.1. The number of fused-ring (bicyclic) bond motifs is 7. The lowest BCUT2D eigenvalue weighted by Gasteiger charge is -2.23. The van der Waals surface area contributed by atoms with Gasteiger partial charge in [0.2, 0.25) is 0 Å². The minimum Gasteiger partial charge on any atom is -0.308 e. The van der Waals surface area contributed by atoms with Crippen molar-refractivity contribution in [1.29, 1.82) is 0 Å². The van der Waals surface area contributed by atoms with Crippen LogP contribution < -0.4 is 0 Å². The number of hydrogen-bond donors (Lipinski definition) is 0. The zero-order valence-electron chi connectivity index (χ0n) is 32.1. The molecule has 0 radical (unpaired) electrons. The number of benzene rings is 7. The molecule has 274 valence electrons. The molecule has 0 bridgehead atoms. The third-order valence-corrected chi connectivity index (χ3v) is 11.7. The summed E-state index contributed by atoms with van der Waals surface area (Å²) >= 11 is 0. The standard InChI is InChI=1S/C53H37N5/c1-53(2)43-26-14-12-24-38(43)39-29-30-46-47(48(39)53)40-25-13-15-28-45(40)58(46)49-41(34-18-6-3-7-19-34)32-37(33-42(49)35-20-8-4-9-21-35)51-55-50(36-22-10-5-11-23-36)56-52(57-51)44-27-16-17-31-54-44/h3-33H,1-2H3. The Bertz CT molecular complexity index is 3050. The molecule has 1 aliphatic rings. The fourth-order valence-electron chi connectivity index (χ4n) is 9.08. The van der Waals surface area contributed by atoms with E-state index >= 15 is 0 Å². The van der Waals surface area contributed by atoms with Gasteiger partial charge in [-0.15, -0.1) is 0 Å². The van der Waals surface area contributed by atoms with E-state index in [-0.39, 0.29) is 5.41 Å². The van der Waals surface area contributed by atoms with Gasteiger partial charge in [0.1, 0.15) is 5.69 Å². The molecule has 0 amide bonds. The third kappa shape index (κ3) is 5.31. The van der Waals surface area contributed by atoms with E-state index in [9.17, 15) is 0 Å². The average molecular weight is 744 g/mol. The molecular weight excluding hydrogens is 707 g/mol. The minimum absolute atomic E-state index is 0.185. The summed E-state index contributed by atoms with van der Waals surface area (Å²) < 4.78 is 2.50. The molecule has 11 rings (SSSR count). The maximum absolute atomic E-state index is 5.18. The molecule has 5 nitrogen and oxygen atoms in total. The molecule has 3 aromatic heterocycles. The lowest BCUT2D eigenvalue weighted by molar-refractivity contribution is 0.666. The molecule has 7 aromatic carbocycles. The lowest BCUT2D eigenvalue weighted by Crippen LogP contribution is -2.15. The highest BCUT2D eigenvalue weighted by molar-refractivity contribution is 6.15. The van der Waals surface area contributed by atoms with E-state index in [1.54, 1.807) is 6.20 Å². The van der Waals surface area contributed by atoms with Gasteiger partial charge >= 0.3 is 0 Å². The van der Waals surface area contributed by atoms with Crippen LogP contribution >= 0.6 is 0 Å². The lowest BCUT2D eigenvalue weighted by atomic mass is 9.80. The first-order chi connectivity index (χ1) is 28.5. The summed E-state index contributed by atoms with van der Waals surface area (Å²) in [5.74, 6) is 1.70. The Balaban J connectivity index is 1.26. The number of nitrogens with zero attached hydrogens (tertiary/aromatic N) is 5. The Morgan fingerprint density at radius 3 is 1.67 bits per heavy atom. The molecular formula is C53H37N5. The highest BCUT2D eigenvalue weighted by atomic mass is 15.0. The second-order valence-electron chi connectivity index (χ2n) is 15.4. The van der Waals surface area contributed by atoms with Crippen LogP contribution in [0.4, 0.5) is 0 Å². The third-order valence-electron chi connectivity index (χ3n) is 11.7. The van der Waals surface area contributed by atoms with Gasteiger partial charge in [-0.1, -0.05) is 159 Å². The van der Waals surface area contributed by atoms with E-state index in [4.69, 9.17) is 15.0 Å². The van der Waals surface area contributed by atoms with Crippen molar-refractivity contribution in [3.8, 4) is 73.4 Å². The number of pyridine rings is 1. The molecule has 3 heterocycles. The maximum Gasteiger partial charge on any atom is 0.182 e. The molecule has 0 spiro atoms. The van der Waals surface area contributed by atoms with E-state index in [2.05, 4.69) is 157 Å². The average Bonchev–Trinajstić information content (AvgIpc) is 3.75. The van der Waals surface area contributed by atoms with E-state index < -0.39 is 0 Å². The molecule has 5 heteroatoms. The van der Waals surface area contributed by atoms with Crippen molar-refractivity contribution in [2.45, 2.75) is 19.3 Å². The largest absolute Gasteiger partial charge is 0.308 e. The summed E-state index contributed by atoms with van der Waals surface area (Å²) in [6.07, 6.45) is 1.78. The van der Waals surface area contributed by atoms with Gasteiger partial charge in [0.05, 0.1) is 16.7 Å². The van der Waals surface area contributed by atoms with Crippen molar-refractivity contribution in [2.24, 2.45) is 0 Å². The van der Waals surface area contributed by atoms with Crippen LogP contribution in [0.5, 0.6) is 0 Å². The van der Waals surface area contributed by atoms with Gasteiger partial charge in [0.25, 0.3) is 0 Å². The van der Waals surface area contributed by atoms with Crippen LogP contribution in [0.1, 0.15) is 25.0 Å². The summed E-state index contributed by atoms with van der Waals surface area (Å²) in [7, 11) is 0. The molecule has 0 N–H and O–H groups in total.